The van der Waals surface area contributed by atoms with Gasteiger partial charge in [0.25, 0.3) is 5.91 Å². The zero-order valence-corrected chi connectivity index (χ0v) is 18.2. The molecular formula is C18H17FIN3O5S. The monoisotopic (exact) mass is 533 g/mol. The van der Waals surface area contributed by atoms with Crippen molar-refractivity contribution in [3.63, 3.8) is 0 Å². The molecule has 3 N–H and O–H groups in total. The van der Waals surface area contributed by atoms with Crippen LogP contribution in [0.3, 0.4) is 0 Å². The first-order chi connectivity index (χ1) is 13.8. The van der Waals surface area contributed by atoms with E-state index in [1.165, 1.54) is 31.3 Å². The molecule has 0 fully saturated rings. The van der Waals surface area contributed by atoms with E-state index in [2.05, 4.69) is 15.0 Å². The predicted octanol–water partition coefficient (Wildman–Crippen LogP) is 2.72. The second kappa shape index (κ2) is 8.63. The fraction of sp³-hybridized carbons (Fsp3) is 0.222. The Morgan fingerprint density at radius 1 is 1.31 bits per heavy atom. The van der Waals surface area contributed by atoms with Crippen LogP contribution in [-0.2, 0) is 10.0 Å². The third-order valence-electron chi connectivity index (χ3n) is 4.02. The summed E-state index contributed by atoms with van der Waals surface area (Å²) in [5.41, 5.74) is 0.750. The van der Waals surface area contributed by atoms with E-state index in [0.29, 0.717) is 14.5 Å². The van der Waals surface area contributed by atoms with E-state index in [1.807, 2.05) is 22.6 Å². The normalized spacial score (nSPS) is 11.6. The molecule has 11 heteroatoms. The van der Waals surface area contributed by atoms with Crippen LogP contribution in [0, 0.1) is 9.39 Å². The Morgan fingerprint density at radius 3 is 2.62 bits per heavy atom. The summed E-state index contributed by atoms with van der Waals surface area (Å²) in [5, 5.41) is 11.8. The Hall–Kier alpha value is -2.25. The highest BCUT2D eigenvalue weighted by Gasteiger charge is 2.24. The number of sulfonamides is 1. The number of fused-ring (bicyclic) bond motifs is 1. The van der Waals surface area contributed by atoms with E-state index in [-0.39, 0.29) is 41.6 Å². The lowest BCUT2D eigenvalue weighted by atomic mass is 10.1. The number of hydrogen-bond acceptors (Lipinski definition) is 6. The number of hydrogen-bond donors (Lipinski definition) is 3. The van der Waals surface area contributed by atoms with Gasteiger partial charge in [0, 0.05) is 19.2 Å². The molecule has 2 aromatic heterocycles. The number of nitrogens with zero attached hydrogens (tertiary/aromatic N) is 1. The van der Waals surface area contributed by atoms with Gasteiger partial charge < -0.3 is 14.8 Å². The summed E-state index contributed by atoms with van der Waals surface area (Å²) in [7, 11) is -2.24. The highest BCUT2D eigenvalue weighted by molar-refractivity contribution is 14.1. The zero-order chi connectivity index (χ0) is 21.2. The number of carbonyl (C=O) groups is 1. The van der Waals surface area contributed by atoms with E-state index in [0.717, 1.165) is 0 Å². The highest BCUT2D eigenvalue weighted by Crippen LogP contribution is 2.35. The molecule has 29 heavy (non-hydrogen) atoms. The van der Waals surface area contributed by atoms with Crippen LogP contribution in [0.2, 0.25) is 0 Å². The van der Waals surface area contributed by atoms with Gasteiger partial charge in [-0.1, -0.05) is 0 Å². The van der Waals surface area contributed by atoms with Gasteiger partial charge in [0.05, 0.1) is 20.3 Å². The summed E-state index contributed by atoms with van der Waals surface area (Å²) >= 11 is 1.90. The van der Waals surface area contributed by atoms with Crippen molar-refractivity contribution in [2.45, 2.75) is 6.42 Å². The number of furan rings is 1. The Labute approximate surface area is 179 Å². The summed E-state index contributed by atoms with van der Waals surface area (Å²) in [5.74, 6) is -0.862. The van der Waals surface area contributed by atoms with Gasteiger partial charge in [-0.3, -0.25) is 9.52 Å². The summed E-state index contributed by atoms with van der Waals surface area (Å²) in [6.45, 7) is -0.251. The lowest BCUT2D eigenvalue weighted by molar-refractivity contribution is 0.0964. The molecule has 2 heterocycles. The van der Waals surface area contributed by atoms with Crippen molar-refractivity contribution in [1.82, 2.24) is 10.3 Å². The van der Waals surface area contributed by atoms with Crippen LogP contribution in [-0.4, -0.2) is 43.8 Å². The van der Waals surface area contributed by atoms with Crippen molar-refractivity contribution in [2.24, 2.45) is 0 Å². The van der Waals surface area contributed by atoms with Gasteiger partial charge in [-0.05, 0) is 59.3 Å². The van der Waals surface area contributed by atoms with Crippen molar-refractivity contribution in [3.05, 3.63) is 45.3 Å². The van der Waals surface area contributed by atoms with Crippen LogP contribution in [0.4, 0.5) is 10.2 Å². The maximum absolute atomic E-state index is 13.3. The maximum atomic E-state index is 13.3. The average molecular weight is 533 g/mol. The van der Waals surface area contributed by atoms with Gasteiger partial charge in [0.1, 0.15) is 11.6 Å². The van der Waals surface area contributed by atoms with Crippen LogP contribution < -0.4 is 10.0 Å². The number of anilines is 1. The van der Waals surface area contributed by atoms with Crippen LogP contribution in [0.25, 0.3) is 22.4 Å². The predicted molar refractivity (Wildman–Crippen MR) is 115 cm³/mol. The van der Waals surface area contributed by atoms with Gasteiger partial charge in [0.15, 0.2) is 5.82 Å². The summed E-state index contributed by atoms with van der Waals surface area (Å²) in [4.78, 5) is 16.7. The highest BCUT2D eigenvalue weighted by atomic mass is 127. The lowest BCUT2D eigenvalue weighted by Crippen LogP contribution is -2.19. The smallest absolute Gasteiger partial charge is 0.255 e. The number of amides is 1. The SMILES string of the molecule is CNC(=O)c1c(-c2ccc(F)cc2)oc2nc(NS(=O)(=O)CCCO)c(I)cc12. The largest absolute Gasteiger partial charge is 0.437 e. The van der Waals surface area contributed by atoms with E-state index >= 15 is 0 Å². The molecule has 0 radical (unpaired) electrons. The third kappa shape index (κ3) is 4.67. The number of rotatable bonds is 7. The number of aliphatic hydroxyl groups excluding tert-OH is 1. The van der Waals surface area contributed by atoms with Crippen LogP contribution in [0.15, 0.2) is 34.7 Å². The minimum Gasteiger partial charge on any atom is -0.437 e. The van der Waals surface area contributed by atoms with Crippen molar-refractivity contribution in [1.29, 1.82) is 0 Å². The van der Waals surface area contributed by atoms with Gasteiger partial charge in [-0.15, -0.1) is 0 Å². The molecule has 0 aliphatic heterocycles. The molecule has 1 aromatic carbocycles. The number of halogens is 2. The summed E-state index contributed by atoms with van der Waals surface area (Å²) in [6.07, 6.45) is 0.0877. The van der Waals surface area contributed by atoms with Crippen molar-refractivity contribution < 1.29 is 27.1 Å². The molecule has 0 saturated heterocycles. The van der Waals surface area contributed by atoms with E-state index in [4.69, 9.17) is 9.52 Å². The van der Waals surface area contributed by atoms with E-state index in [1.54, 1.807) is 6.07 Å². The first kappa shape index (κ1) is 21.5. The molecule has 3 rings (SSSR count). The summed E-state index contributed by atoms with van der Waals surface area (Å²) < 4.78 is 46.1. The van der Waals surface area contributed by atoms with Crippen LogP contribution in [0.1, 0.15) is 16.8 Å². The Morgan fingerprint density at radius 2 is 2.00 bits per heavy atom. The molecule has 0 aliphatic carbocycles. The van der Waals surface area contributed by atoms with Gasteiger partial charge >= 0.3 is 0 Å². The van der Waals surface area contributed by atoms with Crippen molar-refractivity contribution in [2.75, 3.05) is 24.1 Å². The molecular weight excluding hydrogens is 516 g/mol. The molecule has 3 aromatic rings. The number of carbonyl (C=O) groups excluding carboxylic acids is 1. The van der Waals surface area contributed by atoms with Gasteiger partial charge in [0.2, 0.25) is 15.7 Å². The molecule has 0 unspecified atom stereocenters. The van der Waals surface area contributed by atoms with Gasteiger partial charge in [-0.25, -0.2) is 12.8 Å². The molecule has 0 spiro atoms. The molecule has 8 nitrogen and oxygen atoms in total. The quantitative estimate of drug-likeness (QED) is 0.402. The van der Waals surface area contributed by atoms with E-state index in [9.17, 15) is 17.6 Å². The lowest BCUT2D eigenvalue weighted by Gasteiger charge is -2.08. The van der Waals surface area contributed by atoms with Gasteiger partial charge in [-0.2, -0.15) is 4.98 Å². The van der Waals surface area contributed by atoms with Crippen molar-refractivity contribution in [3.8, 4) is 11.3 Å². The standard InChI is InChI=1S/C18H17FIN3O5S/c1-21-17(25)14-12-9-13(20)16(23-29(26,27)8-2-7-24)22-18(12)28-15(14)10-3-5-11(19)6-4-10/h3-6,9,24H,2,7-8H2,1H3,(H,21,25)(H,22,23). The second-order valence-corrected chi connectivity index (χ2v) is 9.07. The fourth-order valence-electron chi connectivity index (χ4n) is 2.68. The maximum Gasteiger partial charge on any atom is 0.255 e. The molecule has 1 amide bonds. The number of aliphatic hydroxyl groups is 1. The minimum atomic E-state index is -3.71. The number of benzene rings is 1. The zero-order valence-electron chi connectivity index (χ0n) is 15.2. The number of pyridine rings is 1. The molecule has 0 saturated carbocycles. The molecule has 0 atom stereocenters. The topological polar surface area (TPSA) is 122 Å². The third-order valence-corrected chi connectivity index (χ3v) is 6.17. The van der Waals surface area contributed by atoms with Crippen LogP contribution >= 0.6 is 22.6 Å². The Balaban J connectivity index is 2.14. The van der Waals surface area contributed by atoms with Crippen LogP contribution in [0.5, 0.6) is 0 Å². The Kier molecular flexibility index (Phi) is 6.39. The second-order valence-electron chi connectivity index (χ2n) is 6.06. The van der Waals surface area contributed by atoms with Crippen molar-refractivity contribution >= 4 is 55.4 Å². The summed E-state index contributed by atoms with van der Waals surface area (Å²) in [6, 6.07) is 7.03. The average Bonchev–Trinajstić information content (AvgIpc) is 3.04. The number of aromatic nitrogens is 1. The molecule has 0 aliphatic rings. The first-order valence-electron chi connectivity index (χ1n) is 8.48. The van der Waals surface area contributed by atoms with E-state index < -0.39 is 21.7 Å². The molecule has 154 valence electrons. The molecule has 0 bridgehead atoms. The fourth-order valence-corrected chi connectivity index (χ4v) is 4.49. The minimum absolute atomic E-state index is 0.0545. The number of nitrogens with one attached hydrogen (secondary N) is 2. The Bertz CT molecular complexity index is 1160. The first-order valence-corrected chi connectivity index (χ1v) is 11.2.